The summed E-state index contributed by atoms with van der Waals surface area (Å²) < 4.78 is 33.2. The molecule has 1 nitrogen and oxygen atoms in total. The van der Waals surface area contributed by atoms with E-state index in [9.17, 15) is 8.78 Å². The summed E-state index contributed by atoms with van der Waals surface area (Å²) in [6.45, 7) is 4.26. The van der Waals surface area contributed by atoms with Crippen LogP contribution in [0.25, 0.3) is 0 Å². The van der Waals surface area contributed by atoms with Gasteiger partial charge in [-0.3, -0.25) is 0 Å². The summed E-state index contributed by atoms with van der Waals surface area (Å²) in [5, 5.41) is 0. The van der Waals surface area contributed by atoms with E-state index in [2.05, 4.69) is 19.1 Å². The topological polar surface area (TPSA) is 9.23 Å². The van der Waals surface area contributed by atoms with E-state index in [0.29, 0.717) is 24.0 Å². The van der Waals surface area contributed by atoms with E-state index in [4.69, 9.17) is 4.74 Å². The fourth-order valence-electron chi connectivity index (χ4n) is 4.96. The molecule has 0 saturated heterocycles. The summed E-state index contributed by atoms with van der Waals surface area (Å²) in [6, 6.07) is 3.10. The molecule has 0 spiro atoms. The first kappa shape index (κ1) is 21.3. The molecule has 0 heterocycles. The maximum atomic E-state index is 13.9. The Morgan fingerprint density at radius 3 is 2.39 bits per heavy atom. The molecule has 2 unspecified atom stereocenters. The molecule has 3 rings (SSSR count). The largest absolute Gasteiger partial charge is 0.490 e. The summed E-state index contributed by atoms with van der Waals surface area (Å²) in [5.41, 5.74) is 0.310. The summed E-state index contributed by atoms with van der Waals surface area (Å²) >= 11 is 0. The van der Waals surface area contributed by atoms with Crippen molar-refractivity contribution < 1.29 is 13.5 Å². The number of halogens is 2. The lowest BCUT2D eigenvalue weighted by atomic mass is 9.71. The molecule has 1 aromatic rings. The number of rotatable bonds is 8. The highest BCUT2D eigenvalue weighted by Crippen LogP contribution is 2.40. The van der Waals surface area contributed by atoms with E-state index in [1.165, 1.54) is 63.9 Å². The van der Waals surface area contributed by atoms with E-state index in [-0.39, 0.29) is 5.75 Å². The van der Waals surface area contributed by atoms with E-state index in [0.717, 1.165) is 18.3 Å². The van der Waals surface area contributed by atoms with Crippen molar-refractivity contribution >= 4 is 0 Å². The maximum Gasteiger partial charge on any atom is 0.200 e. The molecule has 3 heteroatoms. The number of benzene rings is 1. The molecule has 0 bridgehead atoms. The third kappa shape index (κ3) is 5.58. The number of allylic oxidation sites excluding steroid dienone is 1. The fourth-order valence-corrected chi connectivity index (χ4v) is 4.96. The van der Waals surface area contributed by atoms with Crippen molar-refractivity contribution in [1.29, 1.82) is 0 Å². The third-order valence-corrected chi connectivity index (χ3v) is 6.91. The van der Waals surface area contributed by atoms with Crippen LogP contribution in [0.15, 0.2) is 24.3 Å². The minimum Gasteiger partial charge on any atom is -0.490 e. The molecule has 1 fully saturated rings. The molecule has 0 N–H and O–H groups in total. The van der Waals surface area contributed by atoms with Gasteiger partial charge in [-0.2, -0.15) is 4.39 Å². The molecular weight excluding hydrogens is 354 g/mol. The molecule has 0 aliphatic heterocycles. The van der Waals surface area contributed by atoms with Crippen LogP contribution in [0.4, 0.5) is 8.78 Å². The SMILES string of the molecule is CCCCCC1CCC(C2C=CC(COc3ccc(C)c(F)c3F)CC2)CC1. The number of hydrogen-bond donors (Lipinski definition) is 0. The van der Waals surface area contributed by atoms with Gasteiger partial charge in [-0.05, 0) is 62.0 Å². The molecule has 2 aliphatic carbocycles. The van der Waals surface area contributed by atoms with Gasteiger partial charge in [0.15, 0.2) is 11.6 Å². The summed E-state index contributed by atoms with van der Waals surface area (Å²) in [6.07, 6.45) is 18.0. The molecule has 2 atom stereocenters. The molecule has 0 aromatic heterocycles. The van der Waals surface area contributed by atoms with E-state index in [1.54, 1.807) is 13.0 Å². The predicted octanol–water partition coefficient (Wildman–Crippen LogP) is 7.62. The monoisotopic (exact) mass is 390 g/mol. The Labute approximate surface area is 169 Å². The Balaban J connectivity index is 1.42. The fraction of sp³-hybridized carbons (Fsp3) is 0.680. The van der Waals surface area contributed by atoms with Gasteiger partial charge in [0.25, 0.3) is 0 Å². The van der Waals surface area contributed by atoms with Gasteiger partial charge in [-0.1, -0.05) is 63.7 Å². The Morgan fingerprint density at radius 1 is 0.929 bits per heavy atom. The van der Waals surface area contributed by atoms with Crippen LogP contribution < -0.4 is 4.74 Å². The molecule has 1 aromatic carbocycles. The van der Waals surface area contributed by atoms with Gasteiger partial charge in [-0.15, -0.1) is 0 Å². The van der Waals surface area contributed by atoms with Crippen molar-refractivity contribution in [2.75, 3.05) is 6.61 Å². The second kappa shape index (κ2) is 10.4. The Bertz CT molecular complexity index is 646. The normalized spacial score (nSPS) is 27.7. The average Bonchev–Trinajstić information content (AvgIpc) is 2.73. The second-order valence-corrected chi connectivity index (χ2v) is 8.98. The molecule has 156 valence electrons. The standard InChI is InChI=1S/C25H36F2O/c1-3-4-5-6-19-8-12-21(13-9-19)22-14-10-20(11-15-22)17-28-23-16-7-18(2)24(26)25(23)27/h7,10,14,16,19-22H,3-6,8-9,11-13,15,17H2,1-2H3. The van der Waals surface area contributed by atoms with Crippen molar-refractivity contribution in [3.05, 3.63) is 41.5 Å². The highest BCUT2D eigenvalue weighted by atomic mass is 19.2. The first-order chi connectivity index (χ1) is 13.6. The predicted molar refractivity (Wildman–Crippen MR) is 112 cm³/mol. The van der Waals surface area contributed by atoms with Gasteiger partial charge >= 0.3 is 0 Å². The summed E-state index contributed by atoms with van der Waals surface area (Å²) in [5.74, 6) is 1.15. The van der Waals surface area contributed by atoms with Crippen LogP contribution in [0.3, 0.4) is 0 Å². The maximum absolute atomic E-state index is 13.9. The number of ether oxygens (including phenoxy) is 1. The Morgan fingerprint density at radius 2 is 1.71 bits per heavy atom. The number of unbranched alkanes of at least 4 members (excludes halogenated alkanes) is 2. The van der Waals surface area contributed by atoms with Crippen LogP contribution in [0, 0.1) is 42.2 Å². The second-order valence-electron chi connectivity index (χ2n) is 8.98. The van der Waals surface area contributed by atoms with E-state index < -0.39 is 11.6 Å². The van der Waals surface area contributed by atoms with Gasteiger partial charge in [0.05, 0.1) is 6.61 Å². The summed E-state index contributed by atoms with van der Waals surface area (Å²) in [4.78, 5) is 0. The van der Waals surface area contributed by atoms with E-state index in [1.807, 2.05) is 0 Å². The van der Waals surface area contributed by atoms with Crippen LogP contribution in [0.5, 0.6) is 5.75 Å². The zero-order valence-electron chi connectivity index (χ0n) is 17.6. The zero-order valence-corrected chi connectivity index (χ0v) is 17.6. The van der Waals surface area contributed by atoms with Crippen LogP contribution >= 0.6 is 0 Å². The first-order valence-corrected chi connectivity index (χ1v) is 11.3. The molecule has 0 radical (unpaired) electrons. The van der Waals surface area contributed by atoms with Crippen LogP contribution in [-0.4, -0.2) is 6.61 Å². The van der Waals surface area contributed by atoms with E-state index >= 15 is 0 Å². The quantitative estimate of drug-likeness (QED) is 0.328. The van der Waals surface area contributed by atoms with Gasteiger partial charge in [-0.25, -0.2) is 4.39 Å². The number of aryl methyl sites for hydroxylation is 1. The van der Waals surface area contributed by atoms with Crippen molar-refractivity contribution in [3.8, 4) is 5.75 Å². The summed E-state index contributed by atoms with van der Waals surface area (Å²) in [7, 11) is 0. The van der Waals surface area contributed by atoms with Crippen molar-refractivity contribution in [3.63, 3.8) is 0 Å². The molecule has 28 heavy (non-hydrogen) atoms. The molecule has 1 saturated carbocycles. The third-order valence-electron chi connectivity index (χ3n) is 6.91. The first-order valence-electron chi connectivity index (χ1n) is 11.3. The van der Waals surface area contributed by atoms with Gasteiger partial charge in [0.2, 0.25) is 5.82 Å². The molecule has 2 aliphatic rings. The van der Waals surface area contributed by atoms with Crippen molar-refractivity contribution in [1.82, 2.24) is 0 Å². The van der Waals surface area contributed by atoms with Crippen LogP contribution in [-0.2, 0) is 0 Å². The van der Waals surface area contributed by atoms with Crippen molar-refractivity contribution in [2.24, 2.45) is 23.7 Å². The molecule has 0 amide bonds. The van der Waals surface area contributed by atoms with Crippen LogP contribution in [0.2, 0.25) is 0 Å². The Kier molecular flexibility index (Phi) is 7.93. The smallest absolute Gasteiger partial charge is 0.200 e. The van der Waals surface area contributed by atoms with Gasteiger partial charge < -0.3 is 4.74 Å². The highest BCUT2D eigenvalue weighted by molar-refractivity contribution is 5.30. The Hall–Kier alpha value is -1.38. The van der Waals surface area contributed by atoms with Gasteiger partial charge in [0, 0.05) is 5.92 Å². The minimum atomic E-state index is -0.867. The lowest BCUT2D eigenvalue weighted by molar-refractivity contribution is 0.190. The van der Waals surface area contributed by atoms with Gasteiger partial charge in [0.1, 0.15) is 0 Å². The van der Waals surface area contributed by atoms with Crippen molar-refractivity contribution in [2.45, 2.75) is 78.1 Å². The molecular formula is C25H36F2O. The van der Waals surface area contributed by atoms with Crippen LogP contribution in [0.1, 0.15) is 76.7 Å². The lowest BCUT2D eigenvalue weighted by Gasteiger charge is -2.35. The highest BCUT2D eigenvalue weighted by Gasteiger charge is 2.28. The lowest BCUT2D eigenvalue weighted by Crippen LogP contribution is -2.24. The zero-order chi connectivity index (χ0) is 19.9. The minimum absolute atomic E-state index is 0.0278. The average molecular weight is 391 g/mol. The number of hydrogen-bond acceptors (Lipinski definition) is 1.